The van der Waals surface area contributed by atoms with Crippen molar-refractivity contribution in [1.82, 2.24) is 15.6 Å². The normalized spacial score (nSPS) is 13.8. The number of aliphatic hydroxyl groups is 1. The molecular formula is C22H26N4O2. The summed E-state index contributed by atoms with van der Waals surface area (Å²) in [6.07, 6.45) is 3.34. The third kappa shape index (κ3) is 5.20. The maximum atomic E-state index is 10.6. The molecule has 0 aliphatic rings. The highest BCUT2D eigenvalue weighted by atomic mass is 16.4. The summed E-state index contributed by atoms with van der Waals surface area (Å²) in [5.41, 5.74) is 1.96. The molecule has 0 radical (unpaired) electrons. The van der Waals surface area contributed by atoms with Gasteiger partial charge in [-0.3, -0.25) is 4.98 Å². The lowest BCUT2D eigenvalue weighted by molar-refractivity contribution is 0.0386. The molecule has 146 valence electrons. The zero-order chi connectivity index (χ0) is 19.8. The number of aromatic nitrogens is 1. The van der Waals surface area contributed by atoms with Crippen LogP contribution in [0.5, 0.6) is 0 Å². The van der Waals surface area contributed by atoms with Gasteiger partial charge in [-0.25, -0.2) is 4.99 Å². The van der Waals surface area contributed by atoms with E-state index in [4.69, 9.17) is 4.42 Å². The first-order valence-electron chi connectivity index (χ1n) is 9.37. The first-order valence-corrected chi connectivity index (χ1v) is 9.37. The van der Waals surface area contributed by atoms with Crippen LogP contribution in [-0.2, 0) is 12.1 Å². The molecule has 6 nitrogen and oxygen atoms in total. The summed E-state index contributed by atoms with van der Waals surface area (Å²) in [6, 6.07) is 17.6. The Morgan fingerprint density at radius 3 is 2.75 bits per heavy atom. The van der Waals surface area contributed by atoms with Crippen LogP contribution in [0, 0.1) is 0 Å². The molecule has 6 heteroatoms. The molecule has 1 aromatic carbocycles. The van der Waals surface area contributed by atoms with Gasteiger partial charge in [0.05, 0.1) is 25.0 Å². The summed E-state index contributed by atoms with van der Waals surface area (Å²) < 4.78 is 5.32. The van der Waals surface area contributed by atoms with E-state index in [1.807, 2.05) is 43.3 Å². The average molecular weight is 378 g/mol. The number of pyridine rings is 1. The number of aliphatic imine (C=N–C) groups is 1. The van der Waals surface area contributed by atoms with Gasteiger partial charge in [-0.2, -0.15) is 0 Å². The molecule has 2 heterocycles. The lowest BCUT2D eigenvalue weighted by Crippen LogP contribution is -2.44. The molecule has 1 atom stereocenters. The van der Waals surface area contributed by atoms with Crippen molar-refractivity contribution >= 4 is 5.96 Å². The first-order chi connectivity index (χ1) is 13.6. The second-order valence-corrected chi connectivity index (χ2v) is 6.72. The Kier molecular flexibility index (Phi) is 6.45. The number of hydrogen-bond donors (Lipinski definition) is 3. The van der Waals surface area contributed by atoms with Crippen LogP contribution in [0.1, 0.15) is 25.2 Å². The third-order valence-corrected chi connectivity index (χ3v) is 4.30. The van der Waals surface area contributed by atoms with Gasteiger partial charge in [0, 0.05) is 18.3 Å². The summed E-state index contributed by atoms with van der Waals surface area (Å²) in [5, 5.41) is 17.0. The summed E-state index contributed by atoms with van der Waals surface area (Å²) in [6.45, 7) is 5.23. The molecule has 0 amide bonds. The van der Waals surface area contributed by atoms with Crippen molar-refractivity contribution in [2.24, 2.45) is 4.99 Å². The Balaban J connectivity index is 1.68. The van der Waals surface area contributed by atoms with Crippen molar-refractivity contribution in [2.45, 2.75) is 26.0 Å². The molecule has 2 aromatic heterocycles. The van der Waals surface area contributed by atoms with Crippen LogP contribution in [0.25, 0.3) is 11.3 Å². The quantitative estimate of drug-likeness (QED) is 0.434. The molecule has 28 heavy (non-hydrogen) atoms. The second-order valence-electron chi connectivity index (χ2n) is 6.72. The number of rotatable bonds is 7. The summed E-state index contributed by atoms with van der Waals surface area (Å²) in [7, 11) is 0. The van der Waals surface area contributed by atoms with Crippen LogP contribution in [0.2, 0.25) is 0 Å². The number of nitrogens with one attached hydrogen (secondary N) is 2. The van der Waals surface area contributed by atoms with Gasteiger partial charge >= 0.3 is 0 Å². The van der Waals surface area contributed by atoms with Gasteiger partial charge in [0.2, 0.25) is 0 Å². The molecule has 3 N–H and O–H groups in total. The van der Waals surface area contributed by atoms with E-state index in [-0.39, 0.29) is 6.54 Å². The van der Waals surface area contributed by atoms with Crippen molar-refractivity contribution in [3.8, 4) is 11.3 Å². The minimum atomic E-state index is -1.13. The number of benzene rings is 1. The Hall–Kier alpha value is -3.12. The van der Waals surface area contributed by atoms with E-state index in [0.717, 1.165) is 23.4 Å². The summed E-state index contributed by atoms with van der Waals surface area (Å²) in [5.74, 6) is 1.15. The molecule has 1 unspecified atom stereocenters. The van der Waals surface area contributed by atoms with Crippen LogP contribution < -0.4 is 10.6 Å². The standard InChI is InChI=1S/C22H26N4O2/c1-3-23-21(26-16-22(2,27)20-11-7-13-28-20)25-15-17-8-6-9-18(14-17)19-10-4-5-12-24-19/h4-14,27H,3,15-16H2,1-2H3,(H2,23,25,26). The Bertz CT molecular complexity index is 890. The maximum absolute atomic E-state index is 10.6. The van der Waals surface area contributed by atoms with E-state index in [1.165, 1.54) is 0 Å². The minimum absolute atomic E-state index is 0.278. The molecule has 0 saturated heterocycles. The topological polar surface area (TPSA) is 82.7 Å². The molecule has 0 fully saturated rings. The van der Waals surface area contributed by atoms with Gasteiger partial charge in [-0.15, -0.1) is 0 Å². The molecule has 0 aliphatic carbocycles. The van der Waals surface area contributed by atoms with E-state index in [1.54, 1.807) is 31.5 Å². The Morgan fingerprint density at radius 1 is 1.14 bits per heavy atom. The minimum Gasteiger partial charge on any atom is -0.466 e. The van der Waals surface area contributed by atoms with Gasteiger partial charge in [0.15, 0.2) is 5.96 Å². The zero-order valence-corrected chi connectivity index (χ0v) is 16.2. The third-order valence-electron chi connectivity index (χ3n) is 4.30. The van der Waals surface area contributed by atoms with Crippen LogP contribution >= 0.6 is 0 Å². The number of nitrogens with zero attached hydrogens (tertiary/aromatic N) is 2. The lowest BCUT2D eigenvalue weighted by atomic mass is 10.0. The SMILES string of the molecule is CCNC(=NCc1cccc(-c2ccccn2)c1)NCC(C)(O)c1ccco1. The maximum Gasteiger partial charge on any atom is 0.191 e. The molecule has 0 saturated carbocycles. The summed E-state index contributed by atoms with van der Waals surface area (Å²) >= 11 is 0. The van der Waals surface area contributed by atoms with E-state index >= 15 is 0 Å². The Morgan fingerprint density at radius 2 is 2.04 bits per heavy atom. The van der Waals surface area contributed by atoms with Crippen molar-refractivity contribution in [1.29, 1.82) is 0 Å². The highest BCUT2D eigenvalue weighted by Crippen LogP contribution is 2.20. The average Bonchev–Trinajstić information content (AvgIpc) is 3.27. The molecule has 3 rings (SSSR count). The first kappa shape index (κ1) is 19.6. The van der Waals surface area contributed by atoms with E-state index in [2.05, 4.69) is 26.7 Å². The highest BCUT2D eigenvalue weighted by molar-refractivity contribution is 5.79. The van der Waals surface area contributed by atoms with Gasteiger partial charge in [-0.1, -0.05) is 24.3 Å². The molecule has 0 spiro atoms. The molecule has 0 bridgehead atoms. The van der Waals surface area contributed by atoms with E-state index in [9.17, 15) is 5.11 Å². The van der Waals surface area contributed by atoms with Crippen molar-refractivity contribution < 1.29 is 9.52 Å². The fraction of sp³-hybridized carbons (Fsp3) is 0.273. The molecule has 3 aromatic rings. The van der Waals surface area contributed by atoms with Gasteiger partial charge in [0.1, 0.15) is 11.4 Å². The predicted molar refractivity (Wildman–Crippen MR) is 111 cm³/mol. The zero-order valence-electron chi connectivity index (χ0n) is 16.2. The number of hydrogen-bond acceptors (Lipinski definition) is 4. The van der Waals surface area contributed by atoms with Crippen molar-refractivity contribution in [2.75, 3.05) is 13.1 Å². The van der Waals surface area contributed by atoms with E-state index < -0.39 is 5.60 Å². The van der Waals surface area contributed by atoms with Crippen molar-refractivity contribution in [3.63, 3.8) is 0 Å². The van der Waals surface area contributed by atoms with Gasteiger partial charge in [0.25, 0.3) is 0 Å². The van der Waals surface area contributed by atoms with Crippen LogP contribution in [0.15, 0.2) is 76.5 Å². The molecule has 0 aliphatic heterocycles. The smallest absolute Gasteiger partial charge is 0.191 e. The number of guanidine groups is 1. The predicted octanol–water partition coefficient (Wildman–Crippen LogP) is 3.30. The lowest BCUT2D eigenvalue weighted by Gasteiger charge is -2.22. The fourth-order valence-corrected chi connectivity index (χ4v) is 2.80. The molecular weight excluding hydrogens is 352 g/mol. The van der Waals surface area contributed by atoms with Crippen LogP contribution in [0.4, 0.5) is 0 Å². The van der Waals surface area contributed by atoms with Gasteiger partial charge < -0.3 is 20.2 Å². The highest BCUT2D eigenvalue weighted by Gasteiger charge is 2.26. The van der Waals surface area contributed by atoms with Crippen LogP contribution in [0.3, 0.4) is 0 Å². The fourth-order valence-electron chi connectivity index (χ4n) is 2.80. The van der Waals surface area contributed by atoms with Gasteiger partial charge in [-0.05, 0) is 49.7 Å². The second kappa shape index (κ2) is 9.19. The number of furan rings is 1. The van der Waals surface area contributed by atoms with Crippen LogP contribution in [-0.4, -0.2) is 29.1 Å². The largest absolute Gasteiger partial charge is 0.466 e. The van der Waals surface area contributed by atoms with Crippen molar-refractivity contribution in [3.05, 3.63) is 78.4 Å². The monoisotopic (exact) mass is 378 g/mol. The van der Waals surface area contributed by atoms with E-state index in [0.29, 0.717) is 18.3 Å². The Labute approximate surface area is 165 Å². The summed E-state index contributed by atoms with van der Waals surface area (Å²) in [4.78, 5) is 9.03.